The number of nitrogens with zero attached hydrogens (tertiary/aromatic N) is 3. The zero-order valence-corrected chi connectivity index (χ0v) is 15.4. The van der Waals surface area contributed by atoms with Gasteiger partial charge in [0.05, 0.1) is 16.9 Å². The molecule has 0 aliphatic carbocycles. The predicted octanol–water partition coefficient (Wildman–Crippen LogP) is 2.97. The van der Waals surface area contributed by atoms with Crippen molar-refractivity contribution in [1.82, 2.24) is 19.7 Å². The fraction of sp³-hybridized carbons (Fsp3) is 0. The van der Waals surface area contributed by atoms with Gasteiger partial charge >= 0.3 is 0 Å². The topological polar surface area (TPSA) is 94.0 Å². The highest BCUT2D eigenvalue weighted by Crippen LogP contribution is 2.21. The molecule has 7 nitrogen and oxygen atoms in total. The number of halogens is 4. The largest absolute Gasteiger partial charge is 0.287 e. The van der Waals surface area contributed by atoms with Crippen molar-refractivity contribution >= 4 is 39.1 Å². The van der Waals surface area contributed by atoms with Gasteiger partial charge in [-0.25, -0.2) is 26.6 Å². The van der Waals surface area contributed by atoms with E-state index in [2.05, 4.69) is 10.3 Å². The number of hydrogen-bond donors (Lipinski definition) is 1. The van der Waals surface area contributed by atoms with Gasteiger partial charge in [0.15, 0.2) is 5.69 Å². The summed E-state index contributed by atoms with van der Waals surface area (Å²) >= 11 is 11.6. The van der Waals surface area contributed by atoms with Gasteiger partial charge in [0, 0.05) is 5.02 Å². The van der Waals surface area contributed by atoms with E-state index in [-0.39, 0.29) is 21.4 Å². The van der Waals surface area contributed by atoms with Crippen LogP contribution in [0.15, 0.2) is 47.5 Å². The number of carbonyl (C=O) groups is 1. The van der Waals surface area contributed by atoms with Crippen molar-refractivity contribution in [2.24, 2.45) is 0 Å². The molecule has 1 aromatic heterocycles. The average molecular weight is 433 g/mol. The molecule has 1 heterocycles. The molecule has 0 bridgehead atoms. The number of aromatic nitrogens is 3. The third-order valence-corrected chi connectivity index (χ3v) is 5.18. The number of hydrogen-bond acceptors (Lipinski definition) is 5. The highest BCUT2D eigenvalue weighted by Gasteiger charge is 2.24. The van der Waals surface area contributed by atoms with Crippen LogP contribution in [0.4, 0.5) is 8.78 Å². The summed E-state index contributed by atoms with van der Waals surface area (Å²) in [6, 6.07) is 6.33. The minimum Gasteiger partial charge on any atom is -0.266 e. The molecule has 0 aliphatic rings. The molecule has 0 spiro atoms. The van der Waals surface area contributed by atoms with Crippen LogP contribution in [-0.4, -0.2) is 29.3 Å². The first-order chi connectivity index (χ1) is 12.7. The fourth-order valence-electron chi connectivity index (χ4n) is 2.07. The van der Waals surface area contributed by atoms with Crippen molar-refractivity contribution in [3.8, 4) is 5.69 Å². The fourth-order valence-corrected chi connectivity index (χ4v) is 3.62. The van der Waals surface area contributed by atoms with E-state index >= 15 is 0 Å². The Morgan fingerprint density at radius 2 is 1.85 bits per heavy atom. The second-order valence-corrected chi connectivity index (χ2v) is 7.65. The van der Waals surface area contributed by atoms with Gasteiger partial charge in [0.1, 0.15) is 16.5 Å². The average Bonchev–Trinajstić information content (AvgIpc) is 3.06. The van der Waals surface area contributed by atoms with E-state index < -0.39 is 32.5 Å². The van der Waals surface area contributed by atoms with E-state index in [4.69, 9.17) is 23.2 Å². The van der Waals surface area contributed by atoms with Crippen molar-refractivity contribution < 1.29 is 22.0 Å². The molecule has 0 radical (unpaired) electrons. The molecule has 140 valence electrons. The lowest BCUT2D eigenvalue weighted by Crippen LogP contribution is -2.31. The first-order valence-electron chi connectivity index (χ1n) is 7.07. The first-order valence-corrected chi connectivity index (χ1v) is 9.31. The van der Waals surface area contributed by atoms with Crippen LogP contribution in [0, 0.1) is 11.6 Å². The molecule has 0 unspecified atom stereocenters. The molecule has 1 amide bonds. The lowest BCUT2D eigenvalue weighted by molar-refractivity contribution is 0.0976. The van der Waals surface area contributed by atoms with Crippen molar-refractivity contribution in [2.75, 3.05) is 0 Å². The highest BCUT2D eigenvalue weighted by atomic mass is 35.5. The van der Waals surface area contributed by atoms with Gasteiger partial charge in [-0.15, -0.1) is 5.10 Å². The molecule has 1 N–H and O–H groups in total. The summed E-state index contributed by atoms with van der Waals surface area (Å²) in [6.07, 6.45) is 1.08. The summed E-state index contributed by atoms with van der Waals surface area (Å²) < 4.78 is 54.0. The zero-order chi connectivity index (χ0) is 19.8. The van der Waals surface area contributed by atoms with Gasteiger partial charge in [-0.05, 0) is 36.4 Å². The van der Waals surface area contributed by atoms with Crippen LogP contribution in [0.1, 0.15) is 10.5 Å². The van der Waals surface area contributed by atoms with Crippen molar-refractivity contribution in [1.29, 1.82) is 0 Å². The molecule has 0 aliphatic heterocycles. The number of carbonyl (C=O) groups excluding carboxylic acids is 1. The Morgan fingerprint density at radius 3 is 2.56 bits per heavy atom. The van der Waals surface area contributed by atoms with E-state index in [0.717, 1.165) is 41.2 Å². The first kappa shape index (κ1) is 19.2. The van der Waals surface area contributed by atoms with Crippen molar-refractivity contribution in [2.45, 2.75) is 4.90 Å². The summed E-state index contributed by atoms with van der Waals surface area (Å²) in [6.45, 7) is 0. The standard InChI is InChI=1S/C15H8Cl2F2N4O3S/c16-8-1-3-11(19)14(5-8)27(25,26)21-15(24)12-7-23(22-20-12)13-4-2-9(18)6-10(13)17/h1-7H,(H,21,24). The Morgan fingerprint density at radius 1 is 1.11 bits per heavy atom. The molecule has 12 heteroatoms. The number of sulfonamides is 1. The monoisotopic (exact) mass is 432 g/mol. The Kier molecular flexibility index (Phi) is 5.13. The number of nitrogens with one attached hydrogen (secondary N) is 1. The molecular formula is C15H8Cl2F2N4O3S. The summed E-state index contributed by atoms with van der Waals surface area (Å²) in [5, 5.41) is 7.15. The maximum Gasteiger partial charge on any atom is 0.287 e. The van der Waals surface area contributed by atoms with Gasteiger partial charge in [0.25, 0.3) is 15.9 Å². The van der Waals surface area contributed by atoms with Crippen LogP contribution in [-0.2, 0) is 10.0 Å². The van der Waals surface area contributed by atoms with Gasteiger partial charge in [-0.3, -0.25) is 4.79 Å². The third-order valence-electron chi connectivity index (χ3n) is 3.29. The Labute approximate surface area is 161 Å². The molecule has 0 atom stereocenters. The summed E-state index contributed by atoms with van der Waals surface area (Å²) in [7, 11) is -4.54. The molecule has 3 aromatic rings. The van der Waals surface area contributed by atoms with Crippen LogP contribution in [0.25, 0.3) is 5.69 Å². The van der Waals surface area contributed by atoms with E-state index in [0.29, 0.717) is 0 Å². The lowest BCUT2D eigenvalue weighted by atomic mass is 10.3. The predicted molar refractivity (Wildman–Crippen MR) is 92.4 cm³/mol. The van der Waals surface area contributed by atoms with Gasteiger partial charge in [0.2, 0.25) is 0 Å². The van der Waals surface area contributed by atoms with Gasteiger partial charge in [-0.1, -0.05) is 28.4 Å². The quantitative estimate of drug-likeness (QED) is 0.683. The van der Waals surface area contributed by atoms with Crippen LogP contribution in [0.5, 0.6) is 0 Å². The van der Waals surface area contributed by atoms with Crippen LogP contribution >= 0.6 is 23.2 Å². The lowest BCUT2D eigenvalue weighted by Gasteiger charge is -2.06. The Balaban J connectivity index is 1.87. The molecular weight excluding hydrogens is 425 g/mol. The van der Waals surface area contributed by atoms with Crippen LogP contribution in [0.3, 0.4) is 0 Å². The smallest absolute Gasteiger partial charge is 0.266 e. The maximum absolute atomic E-state index is 13.8. The van der Waals surface area contributed by atoms with Crippen LogP contribution in [0.2, 0.25) is 10.0 Å². The second kappa shape index (κ2) is 7.22. The highest BCUT2D eigenvalue weighted by molar-refractivity contribution is 7.90. The minimum absolute atomic E-state index is 0.000443. The Hall–Kier alpha value is -2.56. The summed E-state index contributed by atoms with van der Waals surface area (Å²) in [4.78, 5) is 11.4. The molecule has 2 aromatic carbocycles. The second-order valence-electron chi connectivity index (χ2n) is 5.15. The normalized spacial score (nSPS) is 11.4. The number of rotatable bonds is 4. The minimum atomic E-state index is -4.54. The number of amides is 1. The van der Waals surface area contributed by atoms with Crippen molar-refractivity contribution in [3.05, 3.63) is 70.0 Å². The van der Waals surface area contributed by atoms with E-state index in [1.54, 1.807) is 4.72 Å². The number of benzene rings is 2. The summed E-state index contributed by atoms with van der Waals surface area (Å²) in [5.41, 5.74) is -0.172. The van der Waals surface area contributed by atoms with E-state index in [1.807, 2.05) is 0 Å². The van der Waals surface area contributed by atoms with E-state index in [1.165, 1.54) is 6.07 Å². The van der Waals surface area contributed by atoms with Gasteiger partial charge in [-0.2, -0.15) is 0 Å². The maximum atomic E-state index is 13.8. The molecule has 0 saturated heterocycles. The van der Waals surface area contributed by atoms with Gasteiger partial charge < -0.3 is 0 Å². The third kappa shape index (κ3) is 4.07. The molecule has 0 saturated carbocycles. The molecule has 0 fully saturated rings. The zero-order valence-electron chi connectivity index (χ0n) is 13.0. The molecule has 3 rings (SSSR count). The Bertz CT molecular complexity index is 1150. The molecule has 27 heavy (non-hydrogen) atoms. The summed E-state index contributed by atoms with van der Waals surface area (Å²) in [5.74, 6) is -2.81. The van der Waals surface area contributed by atoms with Crippen LogP contribution < -0.4 is 4.72 Å². The van der Waals surface area contributed by atoms with Crippen molar-refractivity contribution in [3.63, 3.8) is 0 Å². The SMILES string of the molecule is O=C(NS(=O)(=O)c1cc(Cl)ccc1F)c1cn(-c2ccc(F)cc2Cl)nn1. The van der Waals surface area contributed by atoms with E-state index in [9.17, 15) is 22.0 Å².